The summed E-state index contributed by atoms with van der Waals surface area (Å²) in [5.74, 6) is 0.555. The van der Waals surface area contributed by atoms with Crippen molar-refractivity contribution < 1.29 is 8.83 Å². The molecular formula is C48H32N2O2. The number of nitrogens with zero attached hydrogens (tertiary/aromatic N) is 2. The summed E-state index contributed by atoms with van der Waals surface area (Å²) >= 11 is 0. The van der Waals surface area contributed by atoms with Crippen LogP contribution in [0.15, 0.2) is 118 Å². The molecule has 0 N–H and O–H groups in total. The van der Waals surface area contributed by atoms with Gasteiger partial charge in [0.25, 0.3) is 0 Å². The summed E-state index contributed by atoms with van der Waals surface area (Å²) < 4.78 is 18.1. The number of furan rings is 2. The SMILES string of the molecule is CC(C)c1c2c3cccc4c5cc6oc7ccccc7c6cc5n(c2c(C(C)C)c2c5cccc6c7cc8oc9ccccc9c8cc7n(c12)c65)c43. The van der Waals surface area contributed by atoms with Crippen LogP contribution >= 0.6 is 0 Å². The Morgan fingerprint density at radius 2 is 0.769 bits per heavy atom. The maximum absolute atomic E-state index is 6.43. The number of hydrogen-bond donors (Lipinski definition) is 0. The van der Waals surface area contributed by atoms with Crippen LogP contribution in [-0.4, -0.2) is 8.80 Å². The second kappa shape index (κ2) is 8.96. The first kappa shape index (κ1) is 27.5. The molecule has 0 spiro atoms. The lowest BCUT2D eigenvalue weighted by molar-refractivity contribution is 0.669. The van der Waals surface area contributed by atoms with Crippen molar-refractivity contribution in [2.75, 3.05) is 0 Å². The predicted octanol–water partition coefficient (Wildman–Crippen LogP) is 14.0. The van der Waals surface area contributed by atoms with E-state index in [9.17, 15) is 0 Å². The zero-order chi connectivity index (χ0) is 34.3. The van der Waals surface area contributed by atoms with Crippen LogP contribution in [0.1, 0.15) is 50.7 Å². The fourth-order valence-electron chi connectivity index (χ4n) is 10.3. The van der Waals surface area contributed by atoms with Crippen molar-refractivity contribution in [2.24, 2.45) is 0 Å². The molecule has 0 atom stereocenters. The summed E-state index contributed by atoms with van der Waals surface area (Å²) in [6, 6.07) is 40.0. The van der Waals surface area contributed by atoms with Crippen LogP contribution in [0.5, 0.6) is 0 Å². The number of hydrogen-bond acceptors (Lipinski definition) is 2. The van der Waals surface area contributed by atoms with E-state index in [4.69, 9.17) is 8.83 Å². The van der Waals surface area contributed by atoms with Gasteiger partial charge in [-0.3, -0.25) is 0 Å². The Morgan fingerprint density at radius 3 is 1.21 bits per heavy atom. The van der Waals surface area contributed by atoms with Crippen LogP contribution in [-0.2, 0) is 0 Å². The van der Waals surface area contributed by atoms with Crippen LogP contribution in [0, 0.1) is 0 Å². The van der Waals surface area contributed by atoms with Crippen molar-refractivity contribution in [2.45, 2.75) is 39.5 Å². The Hall–Kier alpha value is -6.26. The molecule has 52 heavy (non-hydrogen) atoms. The van der Waals surface area contributed by atoms with Crippen LogP contribution in [0.3, 0.4) is 0 Å². The molecule has 4 heteroatoms. The fraction of sp³-hybridized carbons (Fsp3) is 0.125. The molecule has 0 bridgehead atoms. The summed E-state index contributed by atoms with van der Waals surface area (Å²) in [6.45, 7) is 9.52. The maximum Gasteiger partial charge on any atom is 0.136 e. The van der Waals surface area contributed by atoms with Gasteiger partial charge in [-0.05, 0) is 59.4 Å². The molecule has 6 heterocycles. The first-order valence-electron chi connectivity index (χ1n) is 18.5. The van der Waals surface area contributed by atoms with E-state index < -0.39 is 0 Å². The van der Waals surface area contributed by atoms with E-state index in [0.717, 1.165) is 33.1 Å². The van der Waals surface area contributed by atoms with Crippen molar-refractivity contribution in [3.05, 3.63) is 120 Å². The summed E-state index contributed by atoms with van der Waals surface area (Å²) in [5.41, 5.74) is 14.4. The van der Waals surface area contributed by atoms with Gasteiger partial charge in [-0.2, -0.15) is 0 Å². The molecule has 0 radical (unpaired) electrons. The molecule has 0 saturated carbocycles. The molecule has 13 rings (SSSR count). The van der Waals surface area contributed by atoms with Crippen molar-refractivity contribution in [3.8, 4) is 0 Å². The molecule has 6 aromatic heterocycles. The molecule has 4 nitrogen and oxygen atoms in total. The summed E-state index contributed by atoms with van der Waals surface area (Å²) in [5, 5.41) is 15.1. The van der Waals surface area contributed by atoms with Gasteiger partial charge >= 0.3 is 0 Å². The van der Waals surface area contributed by atoms with Gasteiger partial charge in [-0.1, -0.05) is 100 Å². The van der Waals surface area contributed by atoms with E-state index in [1.165, 1.54) is 98.1 Å². The minimum Gasteiger partial charge on any atom is -0.456 e. The summed E-state index contributed by atoms with van der Waals surface area (Å²) in [4.78, 5) is 0. The van der Waals surface area contributed by atoms with Crippen molar-refractivity contribution in [1.29, 1.82) is 0 Å². The molecular weight excluding hydrogens is 637 g/mol. The molecule has 13 aromatic rings. The van der Waals surface area contributed by atoms with Crippen LogP contribution < -0.4 is 0 Å². The summed E-state index contributed by atoms with van der Waals surface area (Å²) in [6.07, 6.45) is 0. The zero-order valence-corrected chi connectivity index (χ0v) is 29.3. The number of rotatable bonds is 2. The Bertz CT molecular complexity index is 3450. The molecule has 0 aliphatic heterocycles. The number of fused-ring (bicyclic) bond motifs is 18. The molecule has 0 saturated heterocycles. The molecule has 0 aliphatic rings. The largest absolute Gasteiger partial charge is 0.456 e. The van der Waals surface area contributed by atoms with E-state index >= 15 is 0 Å². The average Bonchev–Trinajstić information content (AvgIpc) is 3.98. The second-order valence-corrected chi connectivity index (χ2v) is 15.6. The minimum atomic E-state index is 0.277. The van der Waals surface area contributed by atoms with Gasteiger partial charge in [0.15, 0.2) is 0 Å². The van der Waals surface area contributed by atoms with Gasteiger partial charge in [-0.25, -0.2) is 0 Å². The topological polar surface area (TPSA) is 35.1 Å². The van der Waals surface area contributed by atoms with Gasteiger partial charge in [0.05, 0.1) is 33.1 Å². The lowest BCUT2D eigenvalue weighted by Gasteiger charge is -2.19. The number of aromatic nitrogens is 2. The van der Waals surface area contributed by atoms with Gasteiger partial charge in [0, 0.05) is 64.6 Å². The van der Waals surface area contributed by atoms with E-state index in [-0.39, 0.29) is 11.8 Å². The van der Waals surface area contributed by atoms with Crippen molar-refractivity contribution >= 4 is 120 Å². The maximum atomic E-state index is 6.43. The third-order valence-electron chi connectivity index (χ3n) is 12.2. The highest BCUT2D eigenvalue weighted by Crippen LogP contribution is 2.52. The zero-order valence-electron chi connectivity index (χ0n) is 29.3. The third kappa shape index (κ3) is 2.98. The first-order valence-corrected chi connectivity index (χ1v) is 18.5. The standard InChI is InChI=1S/C48H32N2O2/c1-23(2)41-43-29-15-9-13-27-32-22-40-34(26-12-6-8-18-38(26)52-40)20-36(32)50(45(27)29)48(43)42(24(3)4)44-30-16-10-14-28-31-21-39-33(25-11-5-7-17-37(25)51-39)19-35(31)49(46(28)30)47(41)44/h5-24H,1-4H3. The monoisotopic (exact) mass is 668 g/mol. The molecule has 0 fully saturated rings. The van der Waals surface area contributed by atoms with Crippen molar-refractivity contribution in [1.82, 2.24) is 8.80 Å². The van der Waals surface area contributed by atoms with Crippen LogP contribution in [0.4, 0.5) is 0 Å². The Kier molecular flexibility index (Phi) is 4.73. The smallest absolute Gasteiger partial charge is 0.136 e. The molecule has 246 valence electrons. The van der Waals surface area contributed by atoms with Crippen LogP contribution in [0.25, 0.3) is 120 Å². The minimum absolute atomic E-state index is 0.277. The van der Waals surface area contributed by atoms with E-state index in [2.05, 4.69) is 146 Å². The number of benzene rings is 7. The van der Waals surface area contributed by atoms with Crippen molar-refractivity contribution in [3.63, 3.8) is 0 Å². The lowest BCUT2D eigenvalue weighted by atomic mass is 9.87. The van der Waals surface area contributed by atoms with Crippen LogP contribution in [0.2, 0.25) is 0 Å². The van der Waals surface area contributed by atoms with E-state index in [1.807, 2.05) is 0 Å². The van der Waals surface area contributed by atoms with Gasteiger partial charge in [0.1, 0.15) is 22.3 Å². The highest BCUT2D eigenvalue weighted by molar-refractivity contribution is 6.33. The predicted molar refractivity (Wildman–Crippen MR) is 218 cm³/mol. The van der Waals surface area contributed by atoms with E-state index in [0.29, 0.717) is 0 Å². The van der Waals surface area contributed by atoms with Gasteiger partial charge < -0.3 is 17.6 Å². The first-order chi connectivity index (χ1) is 25.5. The Morgan fingerprint density at radius 1 is 0.365 bits per heavy atom. The Balaban J connectivity index is 1.32. The van der Waals surface area contributed by atoms with Gasteiger partial charge in [-0.15, -0.1) is 0 Å². The highest BCUT2D eigenvalue weighted by Gasteiger charge is 2.31. The summed E-state index contributed by atoms with van der Waals surface area (Å²) in [7, 11) is 0. The normalized spacial score (nSPS) is 13.3. The Labute approximate surface area is 296 Å². The average molecular weight is 669 g/mol. The quantitative estimate of drug-likeness (QED) is 0.184. The molecule has 0 amide bonds. The fourth-order valence-corrected chi connectivity index (χ4v) is 10.3. The molecule has 7 aromatic carbocycles. The molecule has 0 aliphatic carbocycles. The lowest BCUT2D eigenvalue weighted by Crippen LogP contribution is -2.00. The second-order valence-electron chi connectivity index (χ2n) is 15.6. The molecule has 0 unspecified atom stereocenters. The van der Waals surface area contributed by atoms with Gasteiger partial charge in [0.2, 0.25) is 0 Å². The third-order valence-corrected chi connectivity index (χ3v) is 12.2. The highest BCUT2D eigenvalue weighted by atomic mass is 16.3. The van der Waals surface area contributed by atoms with E-state index in [1.54, 1.807) is 0 Å². The number of para-hydroxylation sites is 4.